The number of nitrogens with zero attached hydrogens (tertiary/aromatic N) is 1. The van der Waals surface area contributed by atoms with Gasteiger partial charge < -0.3 is 16.3 Å². The summed E-state index contributed by atoms with van der Waals surface area (Å²) in [7, 11) is 0. The second-order valence-electron chi connectivity index (χ2n) is 4.22. The summed E-state index contributed by atoms with van der Waals surface area (Å²) in [5, 5.41) is 14.1. The molecular formula is C9H19N3O2. The Hall–Kier alpha value is -1.26. The van der Waals surface area contributed by atoms with Crippen molar-refractivity contribution in [1.29, 1.82) is 0 Å². The van der Waals surface area contributed by atoms with E-state index in [9.17, 15) is 4.79 Å². The van der Waals surface area contributed by atoms with Crippen LogP contribution in [0.5, 0.6) is 0 Å². The molecule has 4 N–H and O–H groups in total. The number of nitrogens with two attached hydrogens (primary N) is 1. The molecule has 0 aromatic carbocycles. The summed E-state index contributed by atoms with van der Waals surface area (Å²) < 4.78 is 0. The van der Waals surface area contributed by atoms with Crippen LogP contribution in [0, 0.1) is 5.92 Å². The quantitative estimate of drug-likeness (QED) is 0.271. The van der Waals surface area contributed by atoms with Crippen molar-refractivity contribution in [3.05, 3.63) is 0 Å². The van der Waals surface area contributed by atoms with Crippen molar-refractivity contribution >= 4 is 11.7 Å². The van der Waals surface area contributed by atoms with E-state index in [1.165, 1.54) is 0 Å². The third kappa shape index (κ3) is 4.11. The van der Waals surface area contributed by atoms with E-state index < -0.39 is 5.92 Å². The highest BCUT2D eigenvalue weighted by Crippen LogP contribution is 2.07. The van der Waals surface area contributed by atoms with Gasteiger partial charge in [0, 0.05) is 5.54 Å². The molecule has 0 spiro atoms. The predicted octanol–water partition coefficient (Wildman–Crippen LogP) is 0.674. The molecule has 1 atom stereocenters. The Morgan fingerprint density at radius 2 is 2.07 bits per heavy atom. The topological polar surface area (TPSA) is 87.7 Å². The van der Waals surface area contributed by atoms with Gasteiger partial charge in [0.1, 0.15) is 0 Å². The fraction of sp³-hybridized carbons (Fsp3) is 0.778. The van der Waals surface area contributed by atoms with Crippen LogP contribution in [0.15, 0.2) is 5.16 Å². The zero-order valence-electron chi connectivity index (χ0n) is 9.16. The molecule has 0 fully saturated rings. The molecular weight excluding hydrogens is 182 g/mol. The molecule has 0 bridgehead atoms. The standard InChI is InChI=1S/C9H19N3O2/c1-5-6(7(10)12-14)8(13)11-9(2,3)4/h6,14H,5H2,1-4H3,(H2,10,12)(H,11,13). The van der Waals surface area contributed by atoms with Crippen molar-refractivity contribution in [2.24, 2.45) is 16.8 Å². The van der Waals surface area contributed by atoms with Crippen molar-refractivity contribution in [2.45, 2.75) is 39.7 Å². The van der Waals surface area contributed by atoms with Crippen LogP contribution in [0.2, 0.25) is 0 Å². The first-order valence-corrected chi connectivity index (χ1v) is 4.61. The normalized spacial score (nSPS) is 15.0. The minimum Gasteiger partial charge on any atom is -0.409 e. The largest absolute Gasteiger partial charge is 0.409 e. The maximum Gasteiger partial charge on any atom is 0.231 e. The van der Waals surface area contributed by atoms with Gasteiger partial charge in [-0.05, 0) is 27.2 Å². The van der Waals surface area contributed by atoms with Crippen LogP contribution in [0.1, 0.15) is 34.1 Å². The molecule has 0 rings (SSSR count). The summed E-state index contributed by atoms with van der Waals surface area (Å²) in [4.78, 5) is 11.6. The van der Waals surface area contributed by atoms with E-state index >= 15 is 0 Å². The van der Waals surface area contributed by atoms with E-state index in [0.29, 0.717) is 6.42 Å². The molecule has 0 radical (unpaired) electrons. The third-order valence-electron chi connectivity index (χ3n) is 1.70. The lowest BCUT2D eigenvalue weighted by Gasteiger charge is -2.23. The number of carbonyl (C=O) groups is 1. The van der Waals surface area contributed by atoms with Crippen molar-refractivity contribution in [3.63, 3.8) is 0 Å². The van der Waals surface area contributed by atoms with Gasteiger partial charge in [-0.25, -0.2) is 0 Å². The molecule has 82 valence electrons. The Morgan fingerprint density at radius 1 is 1.57 bits per heavy atom. The number of hydrogen-bond acceptors (Lipinski definition) is 3. The second-order valence-corrected chi connectivity index (χ2v) is 4.22. The highest BCUT2D eigenvalue weighted by molar-refractivity contribution is 6.02. The van der Waals surface area contributed by atoms with Gasteiger partial charge in [-0.15, -0.1) is 0 Å². The maximum absolute atomic E-state index is 11.6. The summed E-state index contributed by atoms with van der Waals surface area (Å²) in [5.41, 5.74) is 5.08. The zero-order chi connectivity index (χ0) is 11.4. The first kappa shape index (κ1) is 12.7. The molecule has 1 unspecified atom stereocenters. The lowest BCUT2D eigenvalue weighted by atomic mass is 10.0. The van der Waals surface area contributed by atoms with E-state index in [1.807, 2.05) is 27.7 Å². The molecule has 0 aliphatic carbocycles. The van der Waals surface area contributed by atoms with Gasteiger partial charge in [-0.2, -0.15) is 0 Å². The molecule has 0 saturated carbocycles. The fourth-order valence-electron chi connectivity index (χ4n) is 1.06. The molecule has 0 heterocycles. The highest BCUT2D eigenvalue weighted by Gasteiger charge is 2.24. The van der Waals surface area contributed by atoms with E-state index in [2.05, 4.69) is 10.5 Å². The van der Waals surface area contributed by atoms with Crippen molar-refractivity contribution in [1.82, 2.24) is 5.32 Å². The van der Waals surface area contributed by atoms with E-state index in [-0.39, 0.29) is 17.3 Å². The highest BCUT2D eigenvalue weighted by atomic mass is 16.4. The maximum atomic E-state index is 11.6. The van der Waals surface area contributed by atoms with Crippen LogP contribution >= 0.6 is 0 Å². The van der Waals surface area contributed by atoms with Crippen LogP contribution in [0.4, 0.5) is 0 Å². The Bertz CT molecular complexity index is 231. The number of hydrogen-bond donors (Lipinski definition) is 3. The monoisotopic (exact) mass is 201 g/mol. The van der Waals surface area contributed by atoms with Gasteiger partial charge in [0.15, 0.2) is 5.84 Å². The number of amides is 1. The van der Waals surface area contributed by atoms with Crippen LogP contribution in [0.3, 0.4) is 0 Å². The van der Waals surface area contributed by atoms with Crippen molar-refractivity contribution < 1.29 is 10.0 Å². The summed E-state index contributed by atoms with van der Waals surface area (Å²) in [6, 6.07) is 0. The second kappa shape index (κ2) is 4.83. The minimum absolute atomic E-state index is 0.0470. The summed E-state index contributed by atoms with van der Waals surface area (Å²) in [6.07, 6.45) is 0.512. The van der Waals surface area contributed by atoms with Crippen LogP contribution in [-0.2, 0) is 4.79 Å². The van der Waals surface area contributed by atoms with Gasteiger partial charge in [0.25, 0.3) is 0 Å². The number of oxime groups is 1. The fourth-order valence-corrected chi connectivity index (χ4v) is 1.06. The van der Waals surface area contributed by atoms with Crippen molar-refractivity contribution in [2.75, 3.05) is 0 Å². The summed E-state index contributed by atoms with van der Waals surface area (Å²) in [5.74, 6) is -0.816. The van der Waals surface area contributed by atoms with Gasteiger partial charge in [0.2, 0.25) is 5.91 Å². The summed E-state index contributed by atoms with van der Waals surface area (Å²) >= 11 is 0. The van der Waals surface area contributed by atoms with Gasteiger partial charge in [-0.1, -0.05) is 12.1 Å². The number of amidine groups is 1. The molecule has 0 aliphatic heterocycles. The lowest BCUT2D eigenvalue weighted by molar-refractivity contribution is -0.124. The van der Waals surface area contributed by atoms with E-state index in [0.717, 1.165) is 0 Å². The average Bonchev–Trinajstić information content (AvgIpc) is 2.01. The van der Waals surface area contributed by atoms with Crippen LogP contribution in [-0.4, -0.2) is 22.5 Å². The molecule has 0 aliphatic rings. The number of carbonyl (C=O) groups excluding carboxylic acids is 1. The van der Waals surface area contributed by atoms with Gasteiger partial charge >= 0.3 is 0 Å². The molecule has 5 heteroatoms. The Kier molecular flexibility index (Phi) is 4.40. The Morgan fingerprint density at radius 3 is 2.36 bits per heavy atom. The first-order chi connectivity index (χ1) is 6.31. The van der Waals surface area contributed by atoms with Gasteiger partial charge in [-0.3, -0.25) is 4.79 Å². The average molecular weight is 201 g/mol. The third-order valence-corrected chi connectivity index (χ3v) is 1.70. The Labute approximate surface area is 84.4 Å². The molecule has 0 aromatic rings. The smallest absolute Gasteiger partial charge is 0.231 e. The first-order valence-electron chi connectivity index (χ1n) is 4.61. The van der Waals surface area contributed by atoms with Gasteiger partial charge in [0.05, 0.1) is 5.92 Å². The minimum atomic E-state index is -0.556. The molecule has 1 amide bonds. The zero-order valence-corrected chi connectivity index (χ0v) is 9.16. The van der Waals surface area contributed by atoms with Crippen molar-refractivity contribution in [3.8, 4) is 0 Å². The van der Waals surface area contributed by atoms with Crippen LogP contribution < -0.4 is 11.1 Å². The number of rotatable bonds is 3. The molecule has 14 heavy (non-hydrogen) atoms. The molecule has 5 nitrogen and oxygen atoms in total. The predicted molar refractivity (Wildman–Crippen MR) is 55.1 cm³/mol. The van der Waals surface area contributed by atoms with Crippen LogP contribution in [0.25, 0.3) is 0 Å². The SMILES string of the molecule is CCC(C(=O)NC(C)(C)C)C(N)=NO. The Balaban J connectivity index is 4.49. The summed E-state index contributed by atoms with van der Waals surface area (Å²) in [6.45, 7) is 7.45. The molecule has 0 saturated heterocycles. The molecule has 0 aromatic heterocycles. The van der Waals surface area contributed by atoms with E-state index in [4.69, 9.17) is 10.9 Å². The van der Waals surface area contributed by atoms with E-state index in [1.54, 1.807) is 0 Å². The number of nitrogens with one attached hydrogen (secondary N) is 1. The lowest BCUT2D eigenvalue weighted by Crippen LogP contribution is -2.47.